The van der Waals surface area contributed by atoms with E-state index in [1.54, 1.807) is 21.9 Å². The van der Waals surface area contributed by atoms with Crippen molar-refractivity contribution in [2.45, 2.75) is 49.1 Å². The molecule has 6 aromatic carbocycles. The van der Waals surface area contributed by atoms with Gasteiger partial charge in [-0.3, -0.25) is 19.4 Å². The third-order valence-corrected chi connectivity index (χ3v) is 13.1. The Labute approximate surface area is 324 Å². The van der Waals surface area contributed by atoms with Gasteiger partial charge in [-0.2, -0.15) is 0 Å². The summed E-state index contributed by atoms with van der Waals surface area (Å²) < 4.78 is 33.3. The van der Waals surface area contributed by atoms with Crippen molar-refractivity contribution in [1.29, 1.82) is 0 Å². The third-order valence-electron chi connectivity index (χ3n) is 13.1. The van der Waals surface area contributed by atoms with Crippen LogP contribution in [0.25, 0.3) is 0 Å². The molecule has 1 fully saturated rings. The molecular weight excluding hydrogens is 703 g/mol. The van der Waals surface area contributed by atoms with E-state index in [4.69, 9.17) is 0 Å². The standard InChI is InChI=1S/C48H38F2N4O2/c49-39-23-11-21-37-41(39)51(29-31-13-3-1-4-14-31)45(55)47(37)43-35-19-9-7-17-33(35)26-28-54(43)48(44-36-20-10-8-18-34(36)25-27-53(44)47)38-22-12-24-40(50)42(38)52(46(48)56)30-32-15-5-2-6-16-32/h1-24,43-44H,25-30H2/t43-,44-,47+,48+/m1/s1. The van der Waals surface area contributed by atoms with Gasteiger partial charge in [0.25, 0.3) is 11.8 Å². The first-order chi connectivity index (χ1) is 27.5. The summed E-state index contributed by atoms with van der Waals surface area (Å²) in [7, 11) is 0. The lowest BCUT2D eigenvalue weighted by molar-refractivity contribution is -0.192. The summed E-state index contributed by atoms with van der Waals surface area (Å²) in [5.74, 6) is -1.38. The van der Waals surface area contributed by atoms with Crippen molar-refractivity contribution in [1.82, 2.24) is 9.80 Å². The van der Waals surface area contributed by atoms with Crippen LogP contribution >= 0.6 is 0 Å². The number of carbonyl (C=O) groups excluding carboxylic acids is 2. The second-order valence-corrected chi connectivity index (χ2v) is 15.6. The van der Waals surface area contributed by atoms with E-state index >= 15 is 18.4 Å². The van der Waals surface area contributed by atoms with Crippen LogP contribution in [0.5, 0.6) is 0 Å². The maximum Gasteiger partial charge on any atom is 0.254 e. The van der Waals surface area contributed by atoms with Gasteiger partial charge in [0.1, 0.15) is 22.7 Å². The number of hydrogen-bond donors (Lipinski definition) is 0. The van der Waals surface area contributed by atoms with Crippen molar-refractivity contribution in [3.05, 3.63) is 202 Å². The van der Waals surface area contributed by atoms with Gasteiger partial charge in [-0.1, -0.05) is 133 Å². The predicted octanol–water partition coefficient (Wildman–Crippen LogP) is 8.36. The molecule has 0 N–H and O–H groups in total. The highest BCUT2D eigenvalue weighted by atomic mass is 19.1. The Kier molecular flexibility index (Phi) is 7.31. The van der Waals surface area contributed by atoms with E-state index in [2.05, 4.69) is 34.1 Å². The Morgan fingerprint density at radius 2 is 0.875 bits per heavy atom. The molecule has 0 radical (unpaired) electrons. The van der Waals surface area contributed by atoms with E-state index in [9.17, 15) is 0 Å². The summed E-state index contributed by atoms with van der Waals surface area (Å²) in [5.41, 5.74) is 4.63. The molecule has 5 aliphatic rings. The van der Waals surface area contributed by atoms with Crippen LogP contribution in [0.3, 0.4) is 0 Å². The zero-order valence-corrected chi connectivity index (χ0v) is 30.6. The molecule has 5 aliphatic heterocycles. The van der Waals surface area contributed by atoms with Crippen molar-refractivity contribution >= 4 is 23.2 Å². The highest BCUT2D eigenvalue weighted by molar-refractivity contribution is 6.12. The molecule has 6 nitrogen and oxygen atoms in total. The Bertz CT molecular complexity index is 2400. The minimum absolute atomic E-state index is 0.182. The number of nitrogens with zero attached hydrogens (tertiary/aromatic N) is 4. The Balaban J connectivity index is 1.24. The van der Waals surface area contributed by atoms with Crippen molar-refractivity contribution in [3.63, 3.8) is 0 Å². The molecule has 0 aromatic heterocycles. The number of halogens is 2. The van der Waals surface area contributed by atoms with Crippen LogP contribution < -0.4 is 9.80 Å². The molecule has 11 rings (SSSR count). The second-order valence-electron chi connectivity index (χ2n) is 15.6. The van der Waals surface area contributed by atoms with Crippen LogP contribution in [-0.2, 0) is 46.6 Å². The molecule has 2 spiro atoms. The molecule has 5 heterocycles. The first kappa shape index (κ1) is 33.4. The van der Waals surface area contributed by atoms with Crippen LogP contribution in [0.1, 0.15) is 56.6 Å². The zero-order valence-electron chi connectivity index (χ0n) is 30.6. The molecule has 0 aliphatic carbocycles. The molecule has 2 amide bonds. The Morgan fingerprint density at radius 1 is 0.482 bits per heavy atom. The van der Waals surface area contributed by atoms with E-state index in [0.29, 0.717) is 37.1 Å². The Hall–Kier alpha value is -5.96. The molecule has 8 heteroatoms. The number of fused-ring (bicyclic) bond motifs is 14. The maximum atomic E-state index is 16.7. The first-order valence-corrected chi connectivity index (χ1v) is 19.4. The normalized spacial score (nSPS) is 24.8. The summed E-state index contributed by atoms with van der Waals surface area (Å²) in [6.07, 6.45) is 1.24. The van der Waals surface area contributed by atoms with Gasteiger partial charge < -0.3 is 9.80 Å². The average molecular weight is 741 g/mol. The minimum atomic E-state index is -1.44. The summed E-state index contributed by atoms with van der Waals surface area (Å²) >= 11 is 0. The highest BCUT2D eigenvalue weighted by Crippen LogP contribution is 2.69. The van der Waals surface area contributed by atoms with Gasteiger partial charge in [-0.05, 0) is 58.4 Å². The quantitative estimate of drug-likeness (QED) is 0.182. The van der Waals surface area contributed by atoms with Gasteiger partial charge in [0.15, 0.2) is 0 Å². The number of piperazine rings is 1. The average Bonchev–Trinajstić information content (AvgIpc) is 3.62. The fraction of sp³-hybridized carbons (Fsp3) is 0.208. The molecule has 276 valence electrons. The van der Waals surface area contributed by atoms with E-state index < -0.39 is 34.8 Å². The molecular formula is C48H38F2N4O2. The molecule has 4 atom stereocenters. The summed E-state index contributed by atoms with van der Waals surface area (Å²) in [4.78, 5) is 40.1. The fourth-order valence-electron chi connectivity index (χ4n) is 11.1. The zero-order chi connectivity index (χ0) is 37.8. The van der Waals surface area contributed by atoms with Crippen molar-refractivity contribution < 1.29 is 18.4 Å². The van der Waals surface area contributed by atoms with E-state index in [0.717, 1.165) is 33.4 Å². The molecule has 56 heavy (non-hydrogen) atoms. The SMILES string of the molecule is O=C1N(Cc2ccccc2)c2c(F)cccc2[C@]12[C@H]1c3ccccc3CCN1[C@]1(C(=O)N(Cc3ccccc3)c3c(F)cccc31)[C@H]1c3ccccc3CCN12. The van der Waals surface area contributed by atoms with Crippen molar-refractivity contribution in [2.24, 2.45) is 0 Å². The van der Waals surface area contributed by atoms with Crippen LogP contribution in [0.4, 0.5) is 20.2 Å². The van der Waals surface area contributed by atoms with Crippen LogP contribution in [0.2, 0.25) is 0 Å². The van der Waals surface area contributed by atoms with Crippen molar-refractivity contribution in [2.75, 3.05) is 22.9 Å². The summed E-state index contributed by atoms with van der Waals surface area (Å²) in [6.45, 7) is 1.21. The smallest absolute Gasteiger partial charge is 0.254 e. The number of carbonyl (C=O) groups is 2. The molecule has 1 saturated heterocycles. The molecule has 0 bridgehead atoms. The summed E-state index contributed by atoms with van der Waals surface area (Å²) in [6, 6.07) is 44.4. The number of amides is 2. The van der Waals surface area contributed by atoms with Crippen molar-refractivity contribution in [3.8, 4) is 0 Å². The van der Waals surface area contributed by atoms with Crippen LogP contribution in [0, 0.1) is 11.6 Å². The number of benzene rings is 6. The maximum absolute atomic E-state index is 16.7. The molecule has 0 unspecified atom stereocenters. The number of anilines is 2. The number of hydrogen-bond acceptors (Lipinski definition) is 4. The topological polar surface area (TPSA) is 47.1 Å². The largest absolute Gasteiger partial charge is 0.303 e. The van der Waals surface area contributed by atoms with E-state index in [1.807, 2.05) is 97.1 Å². The van der Waals surface area contributed by atoms with Gasteiger partial charge in [-0.15, -0.1) is 0 Å². The van der Waals surface area contributed by atoms with Crippen LogP contribution in [0.15, 0.2) is 146 Å². The number of para-hydroxylation sites is 2. The van der Waals surface area contributed by atoms with Gasteiger partial charge in [0.05, 0.1) is 36.5 Å². The second kappa shape index (κ2) is 12.3. The molecule has 0 saturated carbocycles. The Morgan fingerprint density at radius 3 is 1.30 bits per heavy atom. The number of rotatable bonds is 4. The monoisotopic (exact) mass is 740 g/mol. The minimum Gasteiger partial charge on any atom is -0.303 e. The predicted molar refractivity (Wildman–Crippen MR) is 211 cm³/mol. The van der Waals surface area contributed by atoms with Crippen LogP contribution in [-0.4, -0.2) is 34.7 Å². The van der Waals surface area contributed by atoms with E-state index in [-0.39, 0.29) is 36.3 Å². The summed E-state index contributed by atoms with van der Waals surface area (Å²) in [5, 5.41) is 0. The van der Waals surface area contributed by atoms with Gasteiger partial charge in [0, 0.05) is 24.2 Å². The van der Waals surface area contributed by atoms with Gasteiger partial charge >= 0.3 is 0 Å². The van der Waals surface area contributed by atoms with E-state index in [1.165, 1.54) is 12.1 Å². The lowest BCUT2D eigenvalue weighted by atomic mass is 9.62. The lowest BCUT2D eigenvalue weighted by Crippen LogP contribution is -2.76. The third kappa shape index (κ3) is 4.26. The first-order valence-electron chi connectivity index (χ1n) is 19.4. The highest BCUT2D eigenvalue weighted by Gasteiger charge is 2.76. The molecule has 6 aromatic rings. The lowest BCUT2D eigenvalue weighted by Gasteiger charge is -2.66. The van der Waals surface area contributed by atoms with Gasteiger partial charge in [-0.25, -0.2) is 8.78 Å². The van der Waals surface area contributed by atoms with Gasteiger partial charge in [0.2, 0.25) is 0 Å². The fourth-order valence-corrected chi connectivity index (χ4v) is 11.1.